The molecule has 1 aromatic carbocycles. The Labute approximate surface area is 129 Å². The van der Waals surface area contributed by atoms with Gasteiger partial charge >= 0.3 is 0 Å². The molecule has 19 heavy (non-hydrogen) atoms. The van der Waals surface area contributed by atoms with Crippen LogP contribution in [0.1, 0.15) is 19.4 Å². The summed E-state index contributed by atoms with van der Waals surface area (Å²) >= 11 is 18.2. The molecule has 0 saturated carbocycles. The van der Waals surface area contributed by atoms with E-state index in [2.05, 4.69) is 18.7 Å². The molecule has 2 nitrogen and oxygen atoms in total. The number of rotatable bonds is 3. The van der Waals surface area contributed by atoms with Crippen LogP contribution in [0.4, 0.5) is 0 Å². The normalized spacial score (nSPS) is 23.5. The van der Waals surface area contributed by atoms with Crippen molar-refractivity contribution in [1.29, 1.82) is 0 Å². The number of alkyl halides is 1. The van der Waals surface area contributed by atoms with E-state index in [4.69, 9.17) is 39.5 Å². The van der Waals surface area contributed by atoms with Gasteiger partial charge in [-0.2, -0.15) is 0 Å². The van der Waals surface area contributed by atoms with Gasteiger partial charge in [0.15, 0.2) is 0 Å². The second kappa shape index (κ2) is 6.19. The summed E-state index contributed by atoms with van der Waals surface area (Å²) in [5.74, 6) is 0.503. The molecule has 0 spiro atoms. The van der Waals surface area contributed by atoms with Crippen LogP contribution in [-0.4, -0.2) is 35.6 Å². The Morgan fingerprint density at radius 1 is 1.37 bits per heavy atom. The molecule has 1 saturated heterocycles. The molecule has 0 bridgehead atoms. The summed E-state index contributed by atoms with van der Waals surface area (Å²) in [5.41, 5.74) is 0.850. The smallest absolute Gasteiger partial charge is 0.0845 e. The summed E-state index contributed by atoms with van der Waals surface area (Å²) < 4.78 is 5.91. The Morgan fingerprint density at radius 3 is 2.79 bits per heavy atom. The van der Waals surface area contributed by atoms with Crippen molar-refractivity contribution in [3.05, 3.63) is 33.8 Å². The maximum absolute atomic E-state index is 6.21. The molecule has 1 atom stereocenters. The van der Waals surface area contributed by atoms with Crippen molar-refractivity contribution in [2.45, 2.75) is 32.1 Å². The van der Waals surface area contributed by atoms with Gasteiger partial charge in [-0.15, -0.1) is 11.6 Å². The molecule has 106 valence electrons. The molecule has 0 radical (unpaired) electrons. The summed E-state index contributed by atoms with van der Waals surface area (Å²) in [4.78, 5) is 2.31. The highest BCUT2D eigenvalue weighted by molar-refractivity contribution is 6.33. The molecule has 0 N–H and O–H groups in total. The Hall–Kier alpha value is 0.01000. The summed E-state index contributed by atoms with van der Waals surface area (Å²) in [6, 6.07) is 5.56. The van der Waals surface area contributed by atoms with Gasteiger partial charge in [0.05, 0.1) is 11.7 Å². The minimum absolute atomic E-state index is 0.0587. The Bertz CT molecular complexity index is 450. The van der Waals surface area contributed by atoms with Crippen molar-refractivity contribution in [1.82, 2.24) is 4.90 Å². The molecule has 1 unspecified atom stereocenters. The van der Waals surface area contributed by atoms with Crippen molar-refractivity contribution in [2.75, 3.05) is 19.0 Å². The predicted molar refractivity (Wildman–Crippen MR) is 81.4 cm³/mol. The molecule has 0 amide bonds. The van der Waals surface area contributed by atoms with Gasteiger partial charge in [-0.25, -0.2) is 0 Å². The van der Waals surface area contributed by atoms with Crippen LogP contribution in [0.25, 0.3) is 0 Å². The SMILES string of the molecule is CC1(C)CN(Cc2cc(Cl)ccc2Cl)CC(CCl)O1. The third-order valence-electron chi connectivity index (χ3n) is 3.13. The number of hydrogen-bond acceptors (Lipinski definition) is 2. The quantitative estimate of drug-likeness (QED) is 0.773. The number of ether oxygens (including phenoxy) is 1. The van der Waals surface area contributed by atoms with E-state index in [9.17, 15) is 0 Å². The molecule has 1 fully saturated rings. The van der Waals surface area contributed by atoms with E-state index in [0.717, 1.165) is 30.2 Å². The Balaban J connectivity index is 2.11. The first kappa shape index (κ1) is 15.4. The molecular weight excluding hydrogens is 305 g/mol. The van der Waals surface area contributed by atoms with Crippen molar-refractivity contribution >= 4 is 34.8 Å². The monoisotopic (exact) mass is 321 g/mol. The Kier molecular flexibility index (Phi) is 5.02. The zero-order chi connectivity index (χ0) is 14.0. The van der Waals surface area contributed by atoms with Crippen LogP contribution in [-0.2, 0) is 11.3 Å². The third-order valence-corrected chi connectivity index (χ3v) is 4.07. The minimum Gasteiger partial charge on any atom is -0.368 e. The summed E-state index contributed by atoms with van der Waals surface area (Å²) in [7, 11) is 0. The fourth-order valence-corrected chi connectivity index (χ4v) is 3.06. The van der Waals surface area contributed by atoms with Gasteiger partial charge in [0.2, 0.25) is 0 Å². The van der Waals surface area contributed by atoms with Crippen LogP contribution in [0.2, 0.25) is 10.0 Å². The van der Waals surface area contributed by atoms with Gasteiger partial charge in [-0.3, -0.25) is 4.90 Å². The highest BCUT2D eigenvalue weighted by atomic mass is 35.5. The molecular formula is C14H18Cl3NO. The number of hydrogen-bond donors (Lipinski definition) is 0. The van der Waals surface area contributed by atoms with E-state index >= 15 is 0 Å². The fraction of sp³-hybridized carbons (Fsp3) is 0.571. The van der Waals surface area contributed by atoms with Gasteiger partial charge in [0.1, 0.15) is 0 Å². The van der Waals surface area contributed by atoms with Crippen molar-refractivity contribution < 1.29 is 4.74 Å². The van der Waals surface area contributed by atoms with Gasteiger partial charge < -0.3 is 4.74 Å². The molecule has 0 aliphatic carbocycles. The van der Waals surface area contributed by atoms with Crippen molar-refractivity contribution in [3.63, 3.8) is 0 Å². The standard InChI is InChI=1S/C14H18Cl3NO/c1-14(2)9-18(8-12(6-15)19-14)7-10-5-11(16)3-4-13(10)17/h3-5,12H,6-9H2,1-2H3. The highest BCUT2D eigenvalue weighted by Gasteiger charge is 2.33. The topological polar surface area (TPSA) is 12.5 Å². The van der Waals surface area contributed by atoms with Crippen molar-refractivity contribution in [2.24, 2.45) is 0 Å². The molecule has 1 aliphatic rings. The Morgan fingerprint density at radius 2 is 2.11 bits per heavy atom. The van der Waals surface area contributed by atoms with Gasteiger partial charge in [0, 0.05) is 35.6 Å². The molecule has 1 heterocycles. The zero-order valence-electron chi connectivity index (χ0n) is 11.1. The second-order valence-corrected chi connectivity index (χ2v) is 6.71. The number of morpholine rings is 1. The van der Waals surface area contributed by atoms with Gasteiger partial charge in [0.25, 0.3) is 0 Å². The van der Waals surface area contributed by atoms with E-state index in [0.29, 0.717) is 10.9 Å². The first-order valence-electron chi connectivity index (χ1n) is 6.30. The van der Waals surface area contributed by atoms with Crippen molar-refractivity contribution in [3.8, 4) is 0 Å². The molecule has 2 rings (SSSR count). The van der Waals surface area contributed by atoms with E-state index < -0.39 is 0 Å². The largest absolute Gasteiger partial charge is 0.368 e. The van der Waals surface area contributed by atoms with Crippen LogP contribution in [0.3, 0.4) is 0 Å². The molecule has 1 aromatic rings. The van der Waals surface area contributed by atoms with Crippen LogP contribution >= 0.6 is 34.8 Å². The zero-order valence-corrected chi connectivity index (χ0v) is 13.4. The van der Waals surface area contributed by atoms with Crippen LogP contribution in [0.15, 0.2) is 18.2 Å². The van der Waals surface area contributed by atoms with Gasteiger partial charge in [-0.1, -0.05) is 23.2 Å². The lowest BCUT2D eigenvalue weighted by atomic mass is 10.0. The first-order valence-corrected chi connectivity index (χ1v) is 7.59. The first-order chi connectivity index (χ1) is 8.89. The van der Waals surface area contributed by atoms with Crippen LogP contribution in [0, 0.1) is 0 Å². The lowest BCUT2D eigenvalue weighted by molar-refractivity contribution is -0.129. The maximum Gasteiger partial charge on any atom is 0.0845 e. The lowest BCUT2D eigenvalue weighted by Gasteiger charge is -2.42. The minimum atomic E-state index is -0.192. The predicted octanol–water partition coefficient (Wildman–Crippen LogP) is 4.21. The van der Waals surface area contributed by atoms with E-state index in [1.165, 1.54) is 0 Å². The average molecular weight is 323 g/mol. The van der Waals surface area contributed by atoms with Crippen LogP contribution < -0.4 is 0 Å². The maximum atomic E-state index is 6.21. The average Bonchev–Trinajstić information content (AvgIpc) is 2.32. The summed E-state index contributed by atoms with van der Waals surface area (Å²) in [6.45, 7) is 6.59. The molecule has 1 aliphatic heterocycles. The second-order valence-electron chi connectivity index (χ2n) is 5.56. The lowest BCUT2D eigenvalue weighted by Crippen LogP contribution is -2.52. The van der Waals surface area contributed by atoms with Crippen LogP contribution in [0.5, 0.6) is 0 Å². The van der Waals surface area contributed by atoms with E-state index in [-0.39, 0.29) is 11.7 Å². The highest BCUT2D eigenvalue weighted by Crippen LogP contribution is 2.26. The fourth-order valence-electron chi connectivity index (χ4n) is 2.52. The molecule has 5 heteroatoms. The van der Waals surface area contributed by atoms with Gasteiger partial charge in [-0.05, 0) is 37.6 Å². The summed E-state index contributed by atoms with van der Waals surface area (Å²) in [5, 5.41) is 1.46. The number of benzene rings is 1. The molecule has 0 aromatic heterocycles. The number of halogens is 3. The van der Waals surface area contributed by atoms with E-state index in [1.807, 2.05) is 12.1 Å². The van der Waals surface area contributed by atoms with E-state index in [1.54, 1.807) is 6.07 Å². The number of nitrogens with zero attached hydrogens (tertiary/aromatic N) is 1. The third kappa shape index (κ3) is 4.24. The summed E-state index contributed by atoms with van der Waals surface area (Å²) in [6.07, 6.45) is 0.0587.